The molecule has 7 heteroatoms. The quantitative estimate of drug-likeness (QED) is 0.584. The third kappa shape index (κ3) is 4.43. The maximum absolute atomic E-state index is 13.3. The number of benzene rings is 2. The van der Waals surface area contributed by atoms with E-state index in [0.717, 1.165) is 18.2 Å². The van der Waals surface area contributed by atoms with Crippen LogP contribution in [-0.2, 0) is 6.18 Å². The molecule has 0 bridgehead atoms. The zero-order valence-electron chi connectivity index (χ0n) is 12.8. The molecule has 1 nitrogen and oxygen atoms in total. The molecule has 0 aliphatic rings. The van der Waals surface area contributed by atoms with Crippen LogP contribution in [-0.4, -0.2) is 6.36 Å². The Labute approximate surface area is 134 Å². The minimum absolute atomic E-state index is 0.0808. The molecule has 0 saturated heterocycles. The molecule has 0 saturated carbocycles. The largest absolute Gasteiger partial charge is 0.573 e. The number of hydrogen-bond acceptors (Lipinski definition) is 1. The fourth-order valence-electron chi connectivity index (χ4n) is 2.24. The molecule has 0 amide bonds. The average Bonchev–Trinajstić information content (AvgIpc) is 2.45. The highest BCUT2D eigenvalue weighted by Crippen LogP contribution is 2.39. The van der Waals surface area contributed by atoms with Crippen LogP contribution in [0.15, 0.2) is 42.5 Å². The highest BCUT2D eigenvalue weighted by atomic mass is 19.4. The van der Waals surface area contributed by atoms with Crippen LogP contribution < -0.4 is 4.74 Å². The lowest BCUT2D eigenvalue weighted by Crippen LogP contribution is -2.17. The molecule has 24 heavy (non-hydrogen) atoms. The summed E-state index contributed by atoms with van der Waals surface area (Å²) in [6, 6.07) is 8.29. The normalized spacial score (nSPS) is 12.5. The Kier molecular flexibility index (Phi) is 4.82. The topological polar surface area (TPSA) is 9.23 Å². The van der Waals surface area contributed by atoms with Gasteiger partial charge in [0.1, 0.15) is 5.75 Å². The predicted molar refractivity (Wildman–Crippen MR) is 77.7 cm³/mol. The van der Waals surface area contributed by atoms with Crippen LogP contribution in [0.4, 0.5) is 26.3 Å². The van der Waals surface area contributed by atoms with Crippen molar-refractivity contribution in [2.45, 2.75) is 32.3 Å². The first-order chi connectivity index (χ1) is 11.0. The van der Waals surface area contributed by atoms with Crippen molar-refractivity contribution < 1.29 is 31.1 Å². The molecule has 0 atom stereocenters. The molecule has 0 aromatic heterocycles. The van der Waals surface area contributed by atoms with Gasteiger partial charge in [-0.3, -0.25) is 0 Å². The van der Waals surface area contributed by atoms with Gasteiger partial charge < -0.3 is 4.74 Å². The van der Waals surface area contributed by atoms with Gasteiger partial charge in [-0.2, -0.15) is 13.2 Å². The smallest absolute Gasteiger partial charge is 0.406 e. The van der Waals surface area contributed by atoms with Crippen molar-refractivity contribution in [3.8, 4) is 16.9 Å². The highest BCUT2D eigenvalue weighted by molar-refractivity contribution is 5.69. The summed E-state index contributed by atoms with van der Waals surface area (Å²) in [7, 11) is 0. The summed E-state index contributed by atoms with van der Waals surface area (Å²) in [5.74, 6) is -0.568. The van der Waals surface area contributed by atoms with E-state index in [0.29, 0.717) is 5.56 Å². The van der Waals surface area contributed by atoms with Crippen LogP contribution in [0, 0.1) is 0 Å². The Balaban J connectivity index is 2.44. The van der Waals surface area contributed by atoms with Crippen LogP contribution in [0.1, 0.15) is 30.9 Å². The molecular formula is C17H14F6O. The van der Waals surface area contributed by atoms with Crippen molar-refractivity contribution in [1.29, 1.82) is 0 Å². The van der Waals surface area contributed by atoms with Crippen LogP contribution in [0.25, 0.3) is 11.1 Å². The first-order valence-electron chi connectivity index (χ1n) is 7.04. The summed E-state index contributed by atoms with van der Waals surface area (Å²) in [5.41, 5.74) is -0.223. The number of alkyl halides is 6. The Morgan fingerprint density at radius 2 is 1.42 bits per heavy atom. The highest BCUT2D eigenvalue weighted by Gasteiger charge is 2.34. The van der Waals surface area contributed by atoms with E-state index < -0.39 is 23.9 Å². The third-order valence-corrected chi connectivity index (χ3v) is 3.41. The van der Waals surface area contributed by atoms with Gasteiger partial charge in [0.15, 0.2) is 0 Å². The maximum Gasteiger partial charge on any atom is 0.573 e. The maximum atomic E-state index is 13.3. The van der Waals surface area contributed by atoms with E-state index in [9.17, 15) is 26.3 Å². The van der Waals surface area contributed by atoms with E-state index in [-0.39, 0.29) is 17.0 Å². The van der Waals surface area contributed by atoms with Gasteiger partial charge in [-0.05, 0) is 40.8 Å². The monoisotopic (exact) mass is 348 g/mol. The SMILES string of the molecule is CC(C)c1ccc(-c2ccc(OC(F)(F)F)cc2)c(C(F)(F)F)c1. The zero-order valence-corrected chi connectivity index (χ0v) is 12.8. The van der Waals surface area contributed by atoms with Gasteiger partial charge in [-0.1, -0.05) is 38.1 Å². The molecule has 2 aromatic rings. The van der Waals surface area contributed by atoms with Crippen molar-refractivity contribution in [2.75, 3.05) is 0 Å². The molecule has 0 aliphatic carbocycles. The molecule has 0 N–H and O–H groups in total. The number of hydrogen-bond donors (Lipinski definition) is 0. The van der Waals surface area contributed by atoms with Crippen molar-refractivity contribution in [1.82, 2.24) is 0 Å². The summed E-state index contributed by atoms with van der Waals surface area (Å²) in [6.07, 6.45) is -9.42. The van der Waals surface area contributed by atoms with Crippen molar-refractivity contribution in [3.05, 3.63) is 53.6 Å². The van der Waals surface area contributed by atoms with Gasteiger partial charge in [-0.15, -0.1) is 13.2 Å². The van der Waals surface area contributed by atoms with Gasteiger partial charge in [-0.25, -0.2) is 0 Å². The lowest BCUT2D eigenvalue weighted by atomic mass is 9.93. The van der Waals surface area contributed by atoms with Crippen LogP contribution in [0.5, 0.6) is 5.75 Å². The zero-order chi connectivity index (χ0) is 18.1. The van der Waals surface area contributed by atoms with E-state index in [4.69, 9.17) is 0 Å². The second-order valence-electron chi connectivity index (χ2n) is 5.53. The second kappa shape index (κ2) is 6.37. The van der Waals surface area contributed by atoms with Crippen LogP contribution >= 0.6 is 0 Å². The number of ether oxygens (including phenoxy) is 1. The first-order valence-corrected chi connectivity index (χ1v) is 7.04. The molecule has 130 valence electrons. The average molecular weight is 348 g/mol. The molecule has 0 fully saturated rings. The van der Waals surface area contributed by atoms with Gasteiger partial charge >= 0.3 is 12.5 Å². The molecule has 0 heterocycles. The Bertz CT molecular complexity index is 699. The van der Waals surface area contributed by atoms with E-state index in [1.165, 1.54) is 18.2 Å². The number of halogens is 6. The molecule has 2 rings (SSSR count). The summed E-state index contributed by atoms with van der Waals surface area (Å²) < 4.78 is 80.0. The molecular weight excluding hydrogens is 334 g/mol. The van der Waals surface area contributed by atoms with Crippen LogP contribution in [0.3, 0.4) is 0 Å². The summed E-state index contributed by atoms with van der Waals surface area (Å²) in [4.78, 5) is 0. The summed E-state index contributed by atoms with van der Waals surface area (Å²) >= 11 is 0. The molecule has 0 spiro atoms. The Morgan fingerprint density at radius 3 is 1.88 bits per heavy atom. The van der Waals surface area contributed by atoms with Gasteiger partial charge in [0, 0.05) is 0 Å². The van der Waals surface area contributed by atoms with E-state index in [2.05, 4.69) is 4.74 Å². The third-order valence-electron chi connectivity index (χ3n) is 3.41. The van der Waals surface area contributed by atoms with E-state index in [1.54, 1.807) is 19.9 Å². The van der Waals surface area contributed by atoms with E-state index in [1.807, 2.05) is 0 Å². The number of rotatable bonds is 3. The van der Waals surface area contributed by atoms with Crippen molar-refractivity contribution in [3.63, 3.8) is 0 Å². The lowest BCUT2D eigenvalue weighted by molar-refractivity contribution is -0.274. The Hall–Kier alpha value is -2.18. The summed E-state index contributed by atoms with van der Waals surface area (Å²) in [5, 5.41) is 0. The minimum atomic E-state index is -4.85. The first kappa shape index (κ1) is 18.2. The lowest BCUT2D eigenvalue weighted by Gasteiger charge is -2.16. The molecule has 0 radical (unpaired) electrons. The fraction of sp³-hybridized carbons (Fsp3) is 0.294. The van der Waals surface area contributed by atoms with Crippen molar-refractivity contribution in [2.24, 2.45) is 0 Å². The molecule has 2 aromatic carbocycles. The second-order valence-corrected chi connectivity index (χ2v) is 5.53. The summed E-state index contributed by atoms with van der Waals surface area (Å²) in [6.45, 7) is 3.55. The fourth-order valence-corrected chi connectivity index (χ4v) is 2.24. The predicted octanol–water partition coefficient (Wildman–Crippen LogP) is 6.39. The van der Waals surface area contributed by atoms with Gasteiger partial charge in [0.25, 0.3) is 0 Å². The van der Waals surface area contributed by atoms with Gasteiger partial charge in [0.2, 0.25) is 0 Å². The van der Waals surface area contributed by atoms with E-state index >= 15 is 0 Å². The standard InChI is InChI=1S/C17H14F6O/c1-10(2)12-5-8-14(15(9-12)16(18,19)20)11-3-6-13(7-4-11)24-17(21,22)23/h3-10H,1-2H3. The van der Waals surface area contributed by atoms with Crippen LogP contribution in [0.2, 0.25) is 0 Å². The molecule has 0 unspecified atom stereocenters. The van der Waals surface area contributed by atoms with Crippen molar-refractivity contribution >= 4 is 0 Å². The minimum Gasteiger partial charge on any atom is -0.406 e. The Morgan fingerprint density at radius 1 is 0.833 bits per heavy atom. The molecule has 0 aliphatic heterocycles. The van der Waals surface area contributed by atoms with Gasteiger partial charge in [0.05, 0.1) is 5.56 Å².